The molecule has 0 aromatic heterocycles. The molecule has 0 saturated carbocycles. The van der Waals surface area contributed by atoms with E-state index in [0.29, 0.717) is 0 Å². The second-order valence-electron chi connectivity index (χ2n) is 1.97. The summed E-state index contributed by atoms with van der Waals surface area (Å²) in [5, 5.41) is 0. The van der Waals surface area contributed by atoms with Crippen molar-refractivity contribution >= 4 is 0 Å². The van der Waals surface area contributed by atoms with Crippen molar-refractivity contribution < 1.29 is 58.9 Å². The molecular formula is C7H9Cl3Ti. The minimum atomic E-state index is 0. The average molecular weight is 247 g/mol. The summed E-state index contributed by atoms with van der Waals surface area (Å²) in [5.74, 6) is 0. The van der Waals surface area contributed by atoms with Crippen LogP contribution in [0, 0.1) is 13.8 Å². The van der Waals surface area contributed by atoms with Crippen LogP contribution < -0.4 is 37.2 Å². The summed E-state index contributed by atoms with van der Waals surface area (Å²) in [4.78, 5) is 0. The molecule has 1 aromatic carbocycles. The van der Waals surface area contributed by atoms with Gasteiger partial charge in [-0.15, -0.1) is 0 Å². The molecule has 0 fully saturated rings. The van der Waals surface area contributed by atoms with Crippen molar-refractivity contribution in [2.45, 2.75) is 13.8 Å². The Kier molecular flexibility index (Phi) is 22.5. The summed E-state index contributed by atoms with van der Waals surface area (Å²) in [7, 11) is 0. The number of aryl methyl sites for hydroxylation is 2. The Hall–Kier alpha value is 0.934. The van der Waals surface area contributed by atoms with E-state index in [4.69, 9.17) is 0 Å². The molecule has 0 aliphatic heterocycles. The van der Waals surface area contributed by atoms with Crippen LogP contribution in [-0.2, 0) is 21.7 Å². The monoisotopic (exact) mass is 246 g/mol. The van der Waals surface area contributed by atoms with Crippen LogP contribution in [-0.4, -0.2) is 0 Å². The summed E-state index contributed by atoms with van der Waals surface area (Å²) >= 11 is 0. The van der Waals surface area contributed by atoms with Gasteiger partial charge in [0.15, 0.2) is 0 Å². The van der Waals surface area contributed by atoms with Crippen molar-refractivity contribution in [1.82, 2.24) is 0 Å². The molecule has 0 heterocycles. The zero-order chi connectivity index (χ0) is 5.28. The second kappa shape index (κ2) is 10.9. The van der Waals surface area contributed by atoms with Gasteiger partial charge in [0.2, 0.25) is 0 Å². The fourth-order valence-corrected chi connectivity index (χ4v) is 0.718. The van der Waals surface area contributed by atoms with E-state index in [1.54, 1.807) is 0 Å². The molecule has 62 valence electrons. The van der Waals surface area contributed by atoms with E-state index in [0.717, 1.165) is 0 Å². The van der Waals surface area contributed by atoms with Gasteiger partial charge in [0.05, 0.1) is 0 Å². The van der Waals surface area contributed by atoms with Crippen LogP contribution in [0.3, 0.4) is 0 Å². The van der Waals surface area contributed by atoms with E-state index in [1.165, 1.54) is 11.1 Å². The molecule has 4 heteroatoms. The topological polar surface area (TPSA) is 0 Å². The molecule has 0 amide bonds. The Balaban J connectivity index is -0.0000000612. The predicted molar refractivity (Wildman–Crippen MR) is 31.5 cm³/mol. The molecule has 0 aliphatic carbocycles. The molecule has 0 N–H and O–H groups in total. The smallest absolute Gasteiger partial charge is 1.00 e. The SMILES string of the molecule is Cc1cc[c-](C)c1.[Cl-].[Cl-].[Cl-].[Ti+4]. The van der Waals surface area contributed by atoms with Crippen LogP contribution >= 0.6 is 0 Å². The second-order valence-corrected chi connectivity index (χ2v) is 1.97. The molecule has 0 bridgehead atoms. The summed E-state index contributed by atoms with van der Waals surface area (Å²) in [6.07, 6.45) is 0. The van der Waals surface area contributed by atoms with Gasteiger partial charge < -0.3 is 37.2 Å². The Morgan fingerprint density at radius 3 is 1.73 bits per heavy atom. The summed E-state index contributed by atoms with van der Waals surface area (Å²) in [5.41, 5.74) is 2.72. The first kappa shape index (κ1) is 22.7. The fourth-order valence-electron chi connectivity index (χ4n) is 0.718. The molecule has 0 spiro atoms. The van der Waals surface area contributed by atoms with Crippen LogP contribution in [0.2, 0.25) is 0 Å². The molecule has 1 aromatic rings. The van der Waals surface area contributed by atoms with Crippen LogP contribution in [0.4, 0.5) is 0 Å². The molecule has 0 unspecified atom stereocenters. The van der Waals surface area contributed by atoms with Crippen molar-refractivity contribution in [2.75, 3.05) is 0 Å². The maximum absolute atomic E-state index is 2.17. The van der Waals surface area contributed by atoms with Crippen molar-refractivity contribution in [3.63, 3.8) is 0 Å². The third-order valence-electron chi connectivity index (χ3n) is 1.06. The standard InChI is InChI=1S/C7H9.3ClH.Ti/c1-6-3-4-7(2)5-6;;;;/h3-5H,1-2H3;3*1H;/q-1;;;;+4/p-3. The normalized spacial score (nSPS) is 6.00. The molecule has 0 nitrogen and oxygen atoms in total. The van der Waals surface area contributed by atoms with E-state index in [9.17, 15) is 0 Å². The fraction of sp³-hybridized carbons (Fsp3) is 0.286. The van der Waals surface area contributed by atoms with E-state index in [2.05, 4.69) is 32.0 Å². The molecule has 1 rings (SSSR count). The Morgan fingerprint density at radius 2 is 1.64 bits per heavy atom. The van der Waals surface area contributed by atoms with E-state index >= 15 is 0 Å². The van der Waals surface area contributed by atoms with Crippen molar-refractivity contribution in [3.8, 4) is 0 Å². The van der Waals surface area contributed by atoms with Gasteiger partial charge in [0.25, 0.3) is 0 Å². The molecule has 11 heavy (non-hydrogen) atoms. The first-order valence-corrected chi connectivity index (χ1v) is 2.49. The quantitative estimate of drug-likeness (QED) is 0.316. The van der Waals surface area contributed by atoms with E-state index in [1.807, 2.05) is 0 Å². The van der Waals surface area contributed by atoms with Gasteiger partial charge in [-0.3, -0.25) is 0 Å². The number of hydrogen-bond donors (Lipinski definition) is 0. The van der Waals surface area contributed by atoms with Crippen LogP contribution in [0.25, 0.3) is 0 Å². The molecular weight excluding hydrogens is 238 g/mol. The van der Waals surface area contributed by atoms with Crippen LogP contribution in [0.15, 0.2) is 18.2 Å². The first-order valence-electron chi connectivity index (χ1n) is 2.49. The number of halogens is 3. The maximum atomic E-state index is 2.17. The van der Waals surface area contributed by atoms with Crippen molar-refractivity contribution in [3.05, 3.63) is 29.3 Å². The van der Waals surface area contributed by atoms with Gasteiger partial charge in [-0.2, -0.15) is 17.7 Å². The summed E-state index contributed by atoms with van der Waals surface area (Å²) < 4.78 is 0. The van der Waals surface area contributed by atoms with Gasteiger partial charge in [0.1, 0.15) is 0 Å². The number of rotatable bonds is 0. The largest absolute Gasteiger partial charge is 4.00 e. The minimum Gasteiger partial charge on any atom is -1.00 e. The third-order valence-corrected chi connectivity index (χ3v) is 1.06. The van der Waals surface area contributed by atoms with Crippen LogP contribution in [0.1, 0.15) is 11.1 Å². The Labute approximate surface area is 102 Å². The summed E-state index contributed by atoms with van der Waals surface area (Å²) in [6, 6.07) is 6.41. The minimum absolute atomic E-state index is 0. The van der Waals surface area contributed by atoms with Crippen molar-refractivity contribution in [1.29, 1.82) is 0 Å². The predicted octanol–water partition coefficient (Wildman–Crippen LogP) is -6.97. The third kappa shape index (κ3) is 8.84. The van der Waals surface area contributed by atoms with Gasteiger partial charge in [0, 0.05) is 0 Å². The first-order chi connectivity index (χ1) is 3.29. The van der Waals surface area contributed by atoms with Crippen molar-refractivity contribution in [2.24, 2.45) is 0 Å². The number of hydrogen-bond acceptors (Lipinski definition) is 0. The Morgan fingerprint density at radius 1 is 1.18 bits per heavy atom. The maximum Gasteiger partial charge on any atom is 4.00 e. The van der Waals surface area contributed by atoms with Gasteiger partial charge in [-0.05, 0) is 0 Å². The zero-order valence-electron chi connectivity index (χ0n) is 6.37. The van der Waals surface area contributed by atoms with E-state index < -0.39 is 0 Å². The molecule has 0 aliphatic rings. The van der Waals surface area contributed by atoms with Gasteiger partial charge >= 0.3 is 21.7 Å². The Bertz CT molecular complexity index is 146. The molecule has 0 saturated heterocycles. The van der Waals surface area contributed by atoms with E-state index in [-0.39, 0.29) is 58.9 Å². The van der Waals surface area contributed by atoms with Crippen LogP contribution in [0.5, 0.6) is 0 Å². The molecule has 0 radical (unpaired) electrons. The average Bonchev–Trinajstić information content (AvgIpc) is 1.87. The molecule has 0 atom stereocenters. The zero-order valence-corrected chi connectivity index (χ0v) is 10.2. The van der Waals surface area contributed by atoms with Gasteiger partial charge in [-0.25, -0.2) is 11.6 Å². The van der Waals surface area contributed by atoms with Gasteiger partial charge in [-0.1, -0.05) is 13.8 Å². The summed E-state index contributed by atoms with van der Waals surface area (Å²) in [6.45, 7) is 4.21.